The van der Waals surface area contributed by atoms with E-state index >= 15 is 0 Å². The highest BCUT2D eigenvalue weighted by molar-refractivity contribution is 7.09. The van der Waals surface area contributed by atoms with Crippen molar-refractivity contribution in [1.29, 1.82) is 0 Å². The number of carboxylic acid groups (broad SMARTS) is 1. The Morgan fingerprint density at radius 3 is 2.89 bits per heavy atom. The number of hydrogen-bond acceptors (Lipinski definition) is 5. The Kier molecular flexibility index (Phi) is 3.47. The number of hydrogen-bond donors (Lipinski definition) is 2. The summed E-state index contributed by atoms with van der Waals surface area (Å²) >= 11 is 1.64. The average Bonchev–Trinajstić information content (AvgIpc) is 2.81. The molecule has 94 valence electrons. The number of carbonyl (C=O) groups is 1. The molecule has 0 saturated carbocycles. The van der Waals surface area contributed by atoms with E-state index in [-0.39, 0.29) is 5.69 Å². The number of thiophene rings is 1. The Bertz CT molecular complexity index is 554. The minimum atomic E-state index is -1.05. The van der Waals surface area contributed by atoms with Crippen LogP contribution < -0.4 is 10.6 Å². The van der Waals surface area contributed by atoms with E-state index in [1.54, 1.807) is 17.4 Å². The molecule has 0 amide bonds. The van der Waals surface area contributed by atoms with Crippen molar-refractivity contribution in [3.05, 3.63) is 40.2 Å². The van der Waals surface area contributed by atoms with Crippen LogP contribution in [0.4, 0.5) is 11.5 Å². The predicted octanol–water partition coefficient (Wildman–Crippen LogP) is 2.06. The van der Waals surface area contributed by atoms with Crippen molar-refractivity contribution in [1.82, 2.24) is 4.98 Å². The van der Waals surface area contributed by atoms with E-state index in [0.717, 1.165) is 0 Å². The van der Waals surface area contributed by atoms with Gasteiger partial charge in [-0.1, -0.05) is 6.07 Å². The van der Waals surface area contributed by atoms with Crippen LogP contribution in [0.3, 0.4) is 0 Å². The lowest BCUT2D eigenvalue weighted by atomic mass is 10.3. The summed E-state index contributed by atoms with van der Waals surface area (Å²) in [5.41, 5.74) is 6.29. The highest BCUT2D eigenvalue weighted by Gasteiger charge is 2.12. The molecule has 6 heteroatoms. The maximum absolute atomic E-state index is 10.9. The minimum absolute atomic E-state index is 0.00257. The molecule has 0 spiro atoms. The molecule has 0 fully saturated rings. The van der Waals surface area contributed by atoms with Gasteiger partial charge in [-0.05, 0) is 23.6 Å². The third-order valence-electron chi connectivity index (χ3n) is 2.46. The summed E-state index contributed by atoms with van der Waals surface area (Å²) < 4.78 is 0. The molecular formula is C12H13N3O2S. The molecule has 3 N–H and O–H groups in total. The van der Waals surface area contributed by atoms with Crippen LogP contribution in [0.15, 0.2) is 29.6 Å². The van der Waals surface area contributed by atoms with Gasteiger partial charge in [0.2, 0.25) is 0 Å². The highest BCUT2D eigenvalue weighted by Crippen LogP contribution is 2.22. The number of aromatic carboxylic acids is 1. The largest absolute Gasteiger partial charge is 0.477 e. The second-order valence-electron chi connectivity index (χ2n) is 3.85. The first-order chi connectivity index (χ1) is 8.58. The van der Waals surface area contributed by atoms with Gasteiger partial charge in [0.25, 0.3) is 0 Å². The van der Waals surface area contributed by atoms with Crippen LogP contribution >= 0.6 is 11.3 Å². The third kappa shape index (κ3) is 2.60. The van der Waals surface area contributed by atoms with E-state index < -0.39 is 5.97 Å². The standard InChI is InChI=1S/C12H13N3O2S/c1-15(7-8-3-2-6-18-8)11-9(13)4-5-10(14-11)12(16)17/h2-6H,7,13H2,1H3,(H,16,17). The SMILES string of the molecule is CN(Cc1cccs1)c1nc(C(=O)O)ccc1N. The van der Waals surface area contributed by atoms with Crippen molar-refractivity contribution >= 4 is 28.8 Å². The zero-order valence-electron chi connectivity index (χ0n) is 9.83. The Morgan fingerprint density at radius 2 is 2.28 bits per heavy atom. The predicted molar refractivity (Wildman–Crippen MR) is 72.0 cm³/mol. The van der Waals surface area contributed by atoms with Gasteiger partial charge in [-0.25, -0.2) is 9.78 Å². The molecule has 0 atom stereocenters. The molecule has 2 aromatic rings. The minimum Gasteiger partial charge on any atom is -0.477 e. The number of aromatic nitrogens is 1. The van der Waals surface area contributed by atoms with Gasteiger partial charge in [0.15, 0.2) is 11.5 Å². The van der Waals surface area contributed by atoms with Crippen molar-refractivity contribution in [3.63, 3.8) is 0 Å². The second kappa shape index (κ2) is 5.05. The van der Waals surface area contributed by atoms with E-state index in [1.807, 2.05) is 29.5 Å². The molecule has 5 nitrogen and oxygen atoms in total. The number of anilines is 2. The summed E-state index contributed by atoms with van der Waals surface area (Å²) in [6, 6.07) is 6.95. The lowest BCUT2D eigenvalue weighted by Crippen LogP contribution is -2.19. The molecule has 0 unspecified atom stereocenters. The smallest absolute Gasteiger partial charge is 0.354 e. The van der Waals surface area contributed by atoms with Crippen molar-refractivity contribution in [3.8, 4) is 0 Å². The molecule has 0 aromatic carbocycles. The number of nitrogens with zero attached hydrogens (tertiary/aromatic N) is 2. The topological polar surface area (TPSA) is 79.5 Å². The van der Waals surface area contributed by atoms with Gasteiger partial charge in [-0.15, -0.1) is 11.3 Å². The van der Waals surface area contributed by atoms with Crippen LogP contribution in [0, 0.1) is 0 Å². The Balaban J connectivity index is 2.26. The average molecular weight is 263 g/mol. The molecule has 0 aliphatic carbocycles. The third-order valence-corrected chi connectivity index (χ3v) is 3.32. The quantitative estimate of drug-likeness (QED) is 0.882. The van der Waals surface area contributed by atoms with E-state index in [4.69, 9.17) is 10.8 Å². The van der Waals surface area contributed by atoms with E-state index in [2.05, 4.69) is 4.98 Å². The highest BCUT2D eigenvalue weighted by atomic mass is 32.1. The molecule has 0 radical (unpaired) electrons. The fourth-order valence-corrected chi connectivity index (χ4v) is 2.35. The summed E-state index contributed by atoms with van der Waals surface area (Å²) in [6.45, 7) is 0.651. The molecule has 18 heavy (non-hydrogen) atoms. The maximum atomic E-state index is 10.9. The number of pyridine rings is 1. The monoisotopic (exact) mass is 263 g/mol. The number of nitrogen functional groups attached to an aromatic ring is 1. The zero-order valence-corrected chi connectivity index (χ0v) is 10.6. The molecule has 2 aromatic heterocycles. The number of carboxylic acids is 1. The molecular weight excluding hydrogens is 250 g/mol. The van der Waals surface area contributed by atoms with E-state index in [0.29, 0.717) is 18.1 Å². The Labute approximate surface area is 108 Å². The molecule has 0 saturated heterocycles. The summed E-state index contributed by atoms with van der Waals surface area (Å²) in [5.74, 6) is -0.566. The summed E-state index contributed by atoms with van der Waals surface area (Å²) in [4.78, 5) is 17.9. The van der Waals surface area contributed by atoms with Gasteiger partial charge in [0.05, 0.1) is 12.2 Å². The van der Waals surface area contributed by atoms with Gasteiger partial charge in [-0.3, -0.25) is 0 Å². The van der Waals surface area contributed by atoms with Crippen LogP contribution in [-0.2, 0) is 6.54 Å². The Morgan fingerprint density at radius 1 is 1.50 bits per heavy atom. The number of nitrogens with two attached hydrogens (primary N) is 1. The molecule has 0 aliphatic rings. The van der Waals surface area contributed by atoms with Crippen molar-refractivity contribution in [2.45, 2.75) is 6.54 Å². The first-order valence-corrected chi connectivity index (χ1v) is 6.19. The number of rotatable bonds is 4. The first-order valence-electron chi connectivity index (χ1n) is 5.31. The van der Waals surface area contributed by atoms with Crippen LogP contribution in [0.5, 0.6) is 0 Å². The van der Waals surface area contributed by atoms with Gasteiger partial charge in [0, 0.05) is 11.9 Å². The lowest BCUT2D eigenvalue weighted by Gasteiger charge is -2.19. The van der Waals surface area contributed by atoms with Crippen LogP contribution in [0.1, 0.15) is 15.4 Å². The molecule has 2 heterocycles. The van der Waals surface area contributed by atoms with Crippen molar-refractivity contribution in [2.24, 2.45) is 0 Å². The molecule has 0 aliphatic heterocycles. The van der Waals surface area contributed by atoms with Crippen LogP contribution in [0.25, 0.3) is 0 Å². The van der Waals surface area contributed by atoms with Gasteiger partial charge < -0.3 is 15.7 Å². The van der Waals surface area contributed by atoms with Gasteiger partial charge in [0.1, 0.15) is 0 Å². The van der Waals surface area contributed by atoms with Crippen LogP contribution in [0.2, 0.25) is 0 Å². The lowest BCUT2D eigenvalue weighted by molar-refractivity contribution is 0.0690. The Hall–Kier alpha value is -2.08. The summed E-state index contributed by atoms with van der Waals surface area (Å²) in [5, 5.41) is 10.9. The van der Waals surface area contributed by atoms with Crippen molar-refractivity contribution in [2.75, 3.05) is 17.7 Å². The van der Waals surface area contributed by atoms with Crippen molar-refractivity contribution < 1.29 is 9.90 Å². The first kappa shape index (κ1) is 12.4. The second-order valence-corrected chi connectivity index (χ2v) is 4.88. The normalized spacial score (nSPS) is 10.3. The fraction of sp³-hybridized carbons (Fsp3) is 0.167. The van der Waals surface area contributed by atoms with E-state index in [9.17, 15) is 4.79 Å². The maximum Gasteiger partial charge on any atom is 0.354 e. The van der Waals surface area contributed by atoms with Gasteiger partial charge in [-0.2, -0.15) is 0 Å². The fourth-order valence-electron chi connectivity index (χ4n) is 1.60. The molecule has 2 rings (SSSR count). The summed E-state index contributed by atoms with van der Waals surface area (Å²) in [6.07, 6.45) is 0. The van der Waals surface area contributed by atoms with Crippen LogP contribution in [-0.4, -0.2) is 23.1 Å². The van der Waals surface area contributed by atoms with Gasteiger partial charge >= 0.3 is 5.97 Å². The molecule has 0 bridgehead atoms. The summed E-state index contributed by atoms with van der Waals surface area (Å²) in [7, 11) is 1.84. The van der Waals surface area contributed by atoms with E-state index in [1.165, 1.54) is 10.9 Å². The zero-order chi connectivity index (χ0) is 13.1.